The summed E-state index contributed by atoms with van der Waals surface area (Å²) in [6.07, 6.45) is 0. The normalized spacial score (nSPS) is 15.2. The highest BCUT2D eigenvalue weighted by atomic mass is 127. The summed E-state index contributed by atoms with van der Waals surface area (Å²) in [6.45, 7) is 1.50. The molecule has 1 rings (SSSR count). The molecule has 0 amide bonds. The second-order valence-electron chi connectivity index (χ2n) is 3.37. The number of carbonyl (C=O) groups excluding carboxylic acids is 1. The van der Waals surface area contributed by atoms with Gasteiger partial charge in [0.2, 0.25) is 7.45 Å². The van der Waals surface area contributed by atoms with Crippen LogP contribution in [0.4, 0.5) is 5.69 Å². The van der Waals surface area contributed by atoms with Crippen molar-refractivity contribution in [2.75, 3.05) is 11.5 Å². The Hall–Kier alpha value is -0.150. The van der Waals surface area contributed by atoms with E-state index in [1.807, 2.05) is 0 Å². The highest BCUT2D eigenvalue weighted by Crippen LogP contribution is 2.37. The van der Waals surface area contributed by atoms with Gasteiger partial charge in [-0.2, -0.15) is 0 Å². The third kappa shape index (κ3) is 3.00. The average Bonchev–Trinajstić information content (AvgIpc) is 2.27. The average molecular weight is 432 g/mol. The molecule has 0 spiro atoms. The number of hydrogen-bond donors (Lipinski definition) is 1. The standard InChI is InChI=1S/C10H11BrINO3S/c1-2-17(15,16)10(11,12)9(14)7-4-3-5-8(13)6-7/h3-6H,2,13H2,1H3. The van der Waals surface area contributed by atoms with Gasteiger partial charge in [0, 0.05) is 11.3 Å². The van der Waals surface area contributed by atoms with Crippen LogP contribution in [-0.2, 0) is 9.84 Å². The molecule has 0 aliphatic rings. The number of nitrogens with two attached hydrogens (primary N) is 1. The molecule has 1 unspecified atom stereocenters. The zero-order valence-electron chi connectivity index (χ0n) is 8.98. The van der Waals surface area contributed by atoms with Gasteiger partial charge in [-0.1, -0.05) is 19.1 Å². The molecular formula is C10H11BrINO3S. The number of hydrogen-bond acceptors (Lipinski definition) is 4. The molecule has 0 saturated carbocycles. The van der Waals surface area contributed by atoms with Gasteiger partial charge in [-0.05, 0) is 50.7 Å². The van der Waals surface area contributed by atoms with Crippen molar-refractivity contribution in [3.63, 3.8) is 0 Å². The number of nitrogen functional groups attached to an aromatic ring is 1. The fraction of sp³-hybridized carbons (Fsp3) is 0.300. The fourth-order valence-electron chi connectivity index (χ4n) is 1.17. The molecular weight excluding hydrogens is 421 g/mol. The van der Waals surface area contributed by atoms with Crippen molar-refractivity contribution in [3.05, 3.63) is 29.8 Å². The number of alkyl halides is 2. The molecule has 2 N–H and O–H groups in total. The van der Waals surface area contributed by atoms with Crippen LogP contribution in [0.25, 0.3) is 0 Å². The minimum Gasteiger partial charge on any atom is -0.399 e. The van der Waals surface area contributed by atoms with Crippen LogP contribution in [0.1, 0.15) is 17.3 Å². The molecule has 0 fully saturated rings. The summed E-state index contributed by atoms with van der Waals surface area (Å²) in [6, 6.07) is 6.25. The minimum absolute atomic E-state index is 0.116. The molecule has 1 aromatic rings. The van der Waals surface area contributed by atoms with Gasteiger partial charge >= 0.3 is 0 Å². The van der Waals surface area contributed by atoms with E-state index >= 15 is 0 Å². The fourth-order valence-corrected chi connectivity index (χ4v) is 4.09. The first-order chi connectivity index (χ1) is 7.72. The molecule has 4 nitrogen and oxygen atoms in total. The largest absolute Gasteiger partial charge is 0.399 e. The molecule has 94 valence electrons. The molecule has 0 heterocycles. The Morgan fingerprint density at radius 2 is 2.12 bits per heavy atom. The van der Waals surface area contributed by atoms with Gasteiger partial charge < -0.3 is 5.73 Å². The van der Waals surface area contributed by atoms with E-state index in [0.29, 0.717) is 5.69 Å². The Morgan fingerprint density at radius 3 is 2.59 bits per heavy atom. The summed E-state index contributed by atoms with van der Waals surface area (Å²) in [5, 5.41) is 0. The van der Waals surface area contributed by atoms with Crippen LogP contribution in [0.2, 0.25) is 0 Å². The second kappa shape index (κ2) is 5.23. The molecule has 17 heavy (non-hydrogen) atoms. The van der Waals surface area contributed by atoms with Crippen molar-refractivity contribution < 1.29 is 13.2 Å². The summed E-state index contributed by atoms with van der Waals surface area (Å²) in [7, 11) is -3.54. The zero-order chi connectivity index (χ0) is 13.3. The summed E-state index contributed by atoms with van der Waals surface area (Å²) >= 11 is 4.60. The Kier molecular flexibility index (Phi) is 4.59. The van der Waals surface area contributed by atoms with Gasteiger partial charge in [-0.15, -0.1) is 0 Å². The van der Waals surface area contributed by atoms with Crippen LogP contribution >= 0.6 is 38.5 Å². The number of halogens is 2. The highest BCUT2D eigenvalue weighted by molar-refractivity contribution is 14.1. The van der Waals surface area contributed by atoms with E-state index in [2.05, 4.69) is 15.9 Å². The van der Waals surface area contributed by atoms with E-state index in [0.717, 1.165) is 0 Å². The highest BCUT2D eigenvalue weighted by Gasteiger charge is 2.45. The van der Waals surface area contributed by atoms with E-state index in [4.69, 9.17) is 5.73 Å². The number of ketones is 1. The van der Waals surface area contributed by atoms with Crippen molar-refractivity contribution in [1.82, 2.24) is 0 Å². The number of sulfone groups is 1. The SMILES string of the molecule is CCS(=O)(=O)C(Br)(I)C(=O)c1cccc(N)c1. The number of benzene rings is 1. The number of rotatable bonds is 4. The number of anilines is 1. The summed E-state index contributed by atoms with van der Waals surface area (Å²) in [4.78, 5) is 12.1. The van der Waals surface area contributed by atoms with Gasteiger partial charge in [0.05, 0.1) is 5.75 Å². The van der Waals surface area contributed by atoms with Gasteiger partial charge in [0.25, 0.3) is 0 Å². The summed E-state index contributed by atoms with van der Waals surface area (Å²) in [5.74, 6) is -0.637. The third-order valence-electron chi connectivity index (χ3n) is 2.18. The maximum absolute atomic E-state index is 12.1. The zero-order valence-corrected chi connectivity index (χ0v) is 13.5. The van der Waals surface area contributed by atoms with Crippen molar-refractivity contribution >= 4 is 59.8 Å². The molecule has 0 bridgehead atoms. The lowest BCUT2D eigenvalue weighted by Crippen LogP contribution is -2.35. The smallest absolute Gasteiger partial charge is 0.239 e. The first kappa shape index (κ1) is 14.9. The Labute approximate surface area is 122 Å². The van der Waals surface area contributed by atoms with Gasteiger partial charge in [-0.3, -0.25) is 4.79 Å². The lowest BCUT2D eigenvalue weighted by atomic mass is 10.1. The van der Waals surface area contributed by atoms with E-state index < -0.39 is 17.3 Å². The van der Waals surface area contributed by atoms with Crippen LogP contribution in [0.5, 0.6) is 0 Å². The predicted molar refractivity (Wildman–Crippen MR) is 80.3 cm³/mol. The topological polar surface area (TPSA) is 77.2 Å². The number of Topliss-reactive ketones (excluding diaryl/α,β-unsaturated/α-hetero) is 1. The molecule has 0 aromatic heterocycles. The van der Waals surface area contributed by atoms with Gasteiger partial charge in [0.15, 0.2) is 9.84 Å². The van der Waals surface area contributed by atoms with E-state index in [9.17, 15) is 13.2 Å². The van der Waals surface area contributed by atoms with Crippen molar-refractivity contribution in [2.24, 2.45) is 0 Å². The monoisotopic (exact) mass is 431 g/mol. The maximum Gasteiger partial charge on any atom is 0.239 e. The van der Waals surface area contributed by atoms with Crippen LogP contribution in [0.3, 0.4) is 0 Å². The van der Waals surface area contributed by atoms with Crippen molar-refractivity contribution in [2.45, 2.75) is 8.59 Å². The lowest BCUT2D eigenvalue weighted by Gasteiger charge is -2.18. The van der Waals surface area contributed by atoms with E-state index in [-0.39, 0.29) is 11.3 Å². The van der Waals surface area contributed by atoms with Crippen LogP contribution in [0.15, 0.2) is 24.3 Å². The molecule has 1 aromatic carbocycles. The van der Waals surface area contributed by atoms with Crippen LogP contribution < -0.4 is 5.73 Å². The molecule has 0 aliphatic heterocycles. The maximum atomic E-state index is 12.1. The lowest BCUT2D eigenvalue weighted by molar-refractivity contribution is 0.101. The van der Waals surface area contributed by atoms with Crippen LogP contribution in [-0.4, -0.2) is 21.6 Å². The first-order valence-electron chi connectivity index (χ1n) is 4.73. The Morgan fingerprint density at radius 1 is 1.53 bits per heavy atom. The van der Waals surface area contributed by atoms with E-state index in [1.165, 1.54) is 13.0 Å². The van der Waals surface area contributed by atoms with E-state index in [1.54, 1.807) is 40.8 Å². The Balaban J connectivity index is 3.23. The minimum atomic E-state index is -3.54. The molecule has 0 radical (unpaired) electrons. The summed E-state index contributed by atoms with van der Waals surface area (Å²) in [5.41, 5.74) is 6.25. The summed E-state index contributed by atoms with van der Waals surface area (Å²) < 4.78 is 22.0. The second-order valence-corrected chi connectivity index (χ2v) is 11.3. The van der Waals surface area contributed by atoms with Crippen LogP contribution in [0, 0.1) is 0 Å². The molecule has 7 heteroatoms. The third-order valence-corrected chi connectivity index (χ3v) is 8.25. The van der Waals surface area contributed by atoms with Crippen molar-refractivity contribution in [1.29, 1.82) is 0 Å². The van der Waals surface area contributed by atoms with Gasteiger partial charge in [0.1, 0.15) is 0 Å². The predicted octanol–water partition coefficient (Wildman–Crippen LogP) is 2.37. The van der Waals surface area contributed by atoms with Gasteiger partial charge in [-0.25, -0.2) is 8.42 Å². The molecule has 1 atom stereocenters. The quantitative estimate of drug-likeness (QED) is 0.343. The first-order valence-corrected chi connectivity index (χ1v) is 8.25. The molecule has 0 saturated heterocycles. The number of carbonyl (C=O) groups is 1. The Bertz CT molecular complexity index is 542. The van der Waals surface area contributed by atoms with Crippen molar-refractivity contribution in [3.8, 4) is 0 Å². The molecule has 0 aliphatic carbocycles.